The van der Waals surface area contributed by atoms with Crippen LogP contribution in [0.15, 0.2) is 12.3 Å². The highest BCUT2D eigenvalue weighted by Gasteiger charge is 2.26. The van der Waals surface area contributed by atoms with E-state index in [2.05, 4.69) is 19.2 Å². The van der Waals surface area contributed by atoms with E-state index in [1.807, 2.05) is 15.7 Å². The molecule has 2 rings (SSSR count). The molecule has 0 aromatic carbocycles. The van der Waals surface area contributed by atoms with Gasteiger partial charge < -0.3 is 14.8 Å². The summed E-state index contributed by atoms with van der Waals surface area (Å²) in [5, 5.41) is 3.92. The van der Waals surface area contributed by atoms with Crippen molar-refractivity contribution in [1.82, 2.24) is 14.8 Å². The lowest BCUT2D eigenvalue weighted by molar-refractivity contribution is 0.0644. The second-order valence-corrected chi connectivity index (χ2v) is 5.23. The summed E-state index contributed by atoms with van der Waals surface area (Å²) in [6.45, 7) is 7.46. The minimum atomic E-state index is 0.0874. The van der Waals surface area contributed by atoms with Crippen molar-refractivity contribution >= 4 is 17.5 Å². The van der Waals surface area contributed by atoms with Crippen molar-refractivity contribution in [1.29, 1.82) is 0 Å². The standard InChI is InChI=1S/C13H20ClN3O/c1-3-5-16-9-11(14)7-12(16)13(18)17-6-4-15-8-10(17)2/h7,9-10,15H,3-6,8H2,1-2H3/t10-/m1/s1. The molecule has 0 radical (unpaired) electrons. The van der Waals surface area contributed by atoms with E-state index in [1.54, 1.807) is 6.07 Å². The van der Waals surface area contributed by atoms with E-state index in [0.717, 1.165) is 32.6 Å². The van der Waals surface area contributed by atoms with Crippen LogP contribution in [0.25, 0.3) is 0 Å². The number of aromatic nitrogens is 1. The Morgan fingerprint density at radius 1 is 1.61 bits per heavy atom. The molecular formula is C13H20ClN3O. The van der Waals surface area contributed by atoms with E-state index < -0.39 is 0 Å². The minimum Gasteiger partial charge on any atom is -0.342 e. The van der Waals surface area contributed by atoms with Gasteiger partial charge in [-0.05, 0) is 19.4 Å². The fourth-order valence-corrected chi connectivity index (χ4v) is 2.59. The molecule has 100 valence electrons. The van der Waals surface area contributed by atoms with Crippen LogP contribution in [0.1, 0.15) is 30.8 Å². The van der Waals surface area contributed by atoms with Crippen molar-refractivity contribution in [3.05, 3.63) is 23.0 Å². The minimum absolute atomic E-state index is 0.0874. The van der Waals surface area contributed by atoms with E-state index >= 15 is 0 Å². The third-order valence-corrected chi connectivity index (χ3v) is 3.52. The van der Waals surface area contributed by atoms with Gasteiger partial charge in [-0.15, -0.1) is 0 Å². The average Bonchev–Trinajstić information content (AvgIpc) is 2.71. The number of nitrogens with one attached hydrogen (secondary N) is 1. The number of aryl methyl sites for hydroxylation is 1. The Bertz CT molecular complexity index is 430. The molecule has 0 saturated carbocycles. The Hall–Kier alpha value is -1.00. The van der Waals surface area contributed by atoms with Gasteiger partial charge in [0, 0.05) is 38.4 Å². The van der Waals surface area contributed by atoms with Crippen molar-refractivity contribution in [2.45, 2.75) is 32.9 Å². The van der Waals surface area contributed by atoms with E-state index in [9.17, 15) is 4.79 Å². The van der Waals surface area contributed by atoms with Crippen molar-refractivity contribution in [3.63, 3.8) is 0 Å². The van der Waals surface area contributed by atoms with Crippen molar-refractivity contribution in [2.24, 2.45) is 0 Å². The molecule has 1 fully saturated rings. The third-order valence-electron chi connectivity index (χ3n) is 3.31. The molecule has 1 aliphatic heterocycles. The zero-order valence-corrected chi connectivity index (χ0v) is 11.7. The molecule has 1 aliphatic rings. The summed E-state index contributed by atoms with van der Waals surface area (Å²) in [5.41, 5.74) is 0.704. The Balaban J connectivity index is 2.21. The molecule has 0 unspecified atom stereocenters. The lowest BCUT2D eigenvalue weighted by Gasteiger charge is -2.34. The lowest BCUT2D eigenvalue weighted by atomic mass is 10.2. The molecule has 1 aromatic rings. The first-order chi connectivity index (χ1) is 8.63. The zero-order valence-electron chi connectivity index (χ0n) is 10.9. The van der Waals surface area contributed by atoms with E-state index in [1.165, 1.54) is 0 Å². The van der Waals surface area contributed by atoms with Gasteiger partial charge in [0.15, 0.2) is 0 Å². The van der Waals surface area contributed by atoms with Gasteiger partial charge in [0.2, 0.25) is 0 Å². The number of hydrogen-bond donors (Lipinski definition) is 1. The number of nitrogens with zero attached hydrogens (tertiary/aromatic N) is 2. The van der Waals surface area contributed by atoms with Crippen LogP contribution < -0.4 is 5.32 Å². The largest absolute Gasteiger partial charge is 0.342 e. The SMILES string of the molecule is CCCn1cc(Cl)cc1C(=O)N1CCNC[C@H]1C. The summed E-state index contributed by atoms with van der Waals surface area (Å²) < 4.78 is 1.96. The van der Waals surface area contributed by atoms with E-state index in [-0.39, 0.29) is 11.9 Å². The molecule has 1 N–H and O–H groups in total. The van der Waals surface area contributed by atoms with Crippen LogP contribution >= 0.6 is 11.6 Å². The molecule has 0 spiro atoms. The Morgan fingerprint density at radius 3 is 3.06 bits per heavy atom. The molecule has 1 atom stereocenters. The topological polar surface area (TPSA) is 37.3 Å². The molecule has 0 bridgehead atoms. The van der Waals surface area contributed by atoms with Gasteiger partial charge in [-0.1, -0.05) is 18.5 Å². The fourth-order valence-electron chi connectivity index (χ4n) is 2.37. The summed E-state index contributed by atoms with van der Waals surface area (Å²) in [4.78, 5) is 14.5. The van der Waals surface area contributed by atoms with Gasteiger partial charge in [0.25, 0.3) is 5.91 Å². The van der Waals surface area contributed by atoms with Crippen molar-refractivity contribution in [2.75, 3.05) is 19.6 Å². The summed E-state index contributed by atoms with van der Waals surface area (Å²) in [7, 11) is 0. The predicted molar refractivity (Wildman–Crippen MR) is 73.1 cm³/mol. The zero-order chi connectivity index (χ0) is 13.1. The fraction of sp³-hybridized carbons (Fsp3) is 0.615. The average molecular weight is 270 g/mol. The quantitative estimate of drug-likeness (QED) is 0.911. The van der Waals surface area contributed by atoms with Crippen molar-refractivity contribution < 1.29 is 4.79 Å². The van der Waals surface area contributed by atoms with E-state index in [4.69, 9.17) is 11.6 Å². The Kier molecular flexibility index (Phi) is 4.30. The Morgan fingerprint density at radius 2 is 2.39 bits per heavy atom. The highest BCUT2D eigenvalue weighted by atomic mass is 35.5. The van der Waals surface area contributed by atoms with Crippen LogP contribution in [0.3, 0.4) is 0 Å². The highest BCUT2D eigenvalue weighted by molar-refractivity contribution is 6.31. The molecule has 18 heavy (non-hydrogen) atoms. The van der Waals surface area contributed by atoms with Gasteiger partial charge in [-0.25, -0.2) is 0 Å². The smallest absolute Gasteiger partial charge is 0.270 e. The first-order valence-electron chi connectivity index (χ1n) is 6.51. The van der Waals surface area contributed by atoms with Crippen LogP contribution in [-0.2, 0) is 6.54 Å². The summed E-state index contributed by atoms with van der Waals surface area (Å²) in [5.74, 6) is 0.0874. The van der Waals surface area contributed by atoms with Crippen LogP contribution in [0.2, 0.25) is 5.02 Å². The Labute approximate surface area is 113 Å². The second kappa shape index (κ2) is 5.76. The number of piperazine rings is 1. The summed E-state index contributed by atoms with van der Waals surface area (Å²) in [6, 6.07) is 2.00. The molecule has 5 heteroatoms. The van der Waals surface area contributed by atoms with Crippen molar-refractivity contribution in [3.8, 4) is 0 Å². The number of carbonyl (C=O) groups excluding carboxylic acids is 1. The predicted octanol–water partition coefficient (Wildman–Crippen LogP) is 1.99. The molecular weight excluding hydrogens is 250 g/mol. The van der Waals surface area contributed by atoms with Crippen LogP contribution in [0, 0.1) is 0 Å². The molecule has 1 amide bonds. The first kappa shape index (κ1) is 13.4. The van der Waals surface area contributed by atoms with Crippen LogP contribution in [-0.4, -0.2) is 41.1 Å². The molecule has 4 nitrogen and oxygen atoms in total. The van der Waals surface area contributed by atoms with Gasteiger partial charge in [-0.2, -0.15) is 0 Å². The van der Waals surface area contributed by atoms with Gasteiger partial charge in [-0.3, -0.25) is 4.79 Å². The number of hydrogen-bond acceptors (Lipinski definition) is 2. The maximum absolute atomic E-state index is 12.5. The molecule has 0 aliphatic carbocycles. The van der Waals surface area contributed by atoms with Crippen LogP contribution in [0.5, 0.6) is 0 Å². The van der Waals surface area contributed by atoms with Gasteiger partial charge in [0.05, 0.1) is 5.02 Å². The van der Waals surface area contributed by atoms with Crippen LogP contribution in [0.4, 0.5) is 0 Å². The summed E-state index contributed by atoms with van der Waals surface area (Å²) >= 11 is 6.02. The number of rotatable bonds is 3. The highest BCUT2D eigenvalue weighted by Crippen LogP contribution is 2.18. The molecule has 1 saturated heterocycles. The third kappa shape index (κ3) is 2.70. The summed E-state index contributed by atoms with van der Waals surface area (Å²) in [6.07, 6.45) is 2.83. The maximum atomic E-state index is 12.5. The molecule has 1 aromatic heterocycles. The first-order valence-corrected chi connectivity index (χ1v) is 6.88. The normalized spacial score (nSPS) is 20.2. The maximum Gasteiger partial charge on any atom is 0.270 e. The monoisotopic (exact) mass is 269 g/mol. The lowest BCUT2D eigenvalue weighted by Crippen LogP contribution is -2.52. The molecule has 2 heterocycles. The number of halogens is 1. The second-order valence-electron chi connectivity index (χ2n) is 4.79. The number of carbonyl (C=O) groups is 1. The van der Waals surface area contributed by atoms with Gasteiger partial charge in [0.1, 0.15) is 5.69 Å². The number of amides is 1. The van der Waals surface area contributed by atoms with Gasteiger partial charge >= 0.3 is 0 Å². The van der Waals surface area contributed by atoms with E-state index in [0.29, 0.717) is 10.7 Å².